The van der Waals surface area contributed by atoms with Crippen LogP contribution in [0.4, 0.5) is 0 Å². The molecule has 2 aliphatic carbocycles. The molecule has 2 aromatic heterocycles. The van der Waals surface area contributed by atoms with Crippen LogP contribution in [0.5, 0.6) is 0 Å². The Morgan fingerprint density at radius 3 is 2.62 bits per heavy atom. The first-order chi connectivity index (χ1) is 10.3. The van der Waals surface area contributed by atoms with Crippen LogP contribution in [0.1, 0.15) is 62.7 Å². The van der Waals surface area contributed by atoms with Gasteiger partial charge in [-0.2, -0.15) is 5.10 Å². The molecule has 1 N–H and O–H groups in total. The third kappa shape index (κ3) is 2.39. The van der Waals surface area contributed by atoms with E-state index in [1.807, 2.05) is 4.68 Å². The van der Waals surface area contributed by atoms with Crippen LogP contribution in [0, 0.1) is 0 Å². The van der Waals surface area contributed by atoms with Crippen molar-refractivity contribution >= 4 is 0 Å². The van der Waals surface area contributed by atoms with Crippen LogP contribution in [0.25, 0.3) is 11.4 Å². The van der Waals surface area contributed by atoms with E-state index in [4.69, 9.17) is 0 Å². The molecule has 0 amide bonds. The lowest BCUT2D eigenvalue weighted by atomic mass is 9.95. The Hall–Kier alpha value is -1.98. The summed E-state index contributed by atoms with van der Waals surface area (Å²) in [6.07, 6.45) is 11.4. The zero-order valence-corrected chi connectivity index (χ0v) is 12.0. The van der Waals surface area contributed by atoms with Gasteiger partial charge < -0.3 is 4.98 Å². The van der Waals surface area contributed by atoms with Crippen molar-refractivity contribution < 1.29 is 0 Å². The molecule has 2 aromatic rings. The second-order valence-electron chi connectivity index (χ2n) is 6.11. The van der Waals surface area contributed by atoms with Gasteiger partial charge in [0, 0.05) is 12.1 Å². The fourth-order valence-corrected chi connectivity index (χ4v) is 3.17. The maximum absolute atomic E-state index is 12.3. The first-order valence-electron chi connectivity index (χ1n) is 7.82. The number of hydrogen-bond donors (Lipinski definition) is 1. The van der Waals surface area contributed by atoms with Crippen molar-refractivity contribution in [2.45, 2.75) is 56.9 Å². The van der Waals surface area contributed by atoms with Gasteiger partial charge in [-0.3, -0.25) is 4.79 Å². The van der Waals surface area contributed by atoms with Gasteiger partial charge in [0.1, 0.15) is 17.7 Å². The molecule has 0 spiro atoms. The maximum atomic E-state index is 12.3. The lowest BCUT2D eigenvalue weighted by Gasteiger charge is -2.22. The zero-order valence-electron chi connectivity index (χ0n) is 12.0. The lowest BCUT2D eigenvalue weighted by Crippen LogP contribution is -2.19. The molecule has 21 heavy (non-hydrogen) atoms. The molecule has 0 aliphatic heterocycles. The van der Waals surface area contributed by atoms with Crippen molar-refractivity contribution in [3.8, 4) is 11.4 Å². The summed E-state index contributed by atoms with van der Waals surface area (Å²) >= 11 is 0. The van der Waals surface area contributed by atoms with Gasteiger partial charge >= 0.3 is 0 Å². The van der Waals surface area contributed by atoms with Crippen molar-refractivity contribution in [2.24, 2.45) is 0 Å². The van der Waals surface area contributed by atoms with Crippen molar-refractivity contribution in [3.05, 3.63) is 28.7 Å². The van der Waals surface area contributed by atoms with Gasteiger partial charge in [0.05, 0.1) is 6.04 Å². The van der Waals surface area contributed by atoms with E-state index in [0.29, 0.717) is 23.3 Å². The number of H-pyrrole nitrogens is 1. The number of aromatic nitrogens is 5. The Balaban J connectivity index is 1.70. The summed E-state index contributed by atoms with van der Waals surface area (Å²) in [5.74, 6) is 1.91. The minimum Gasteiger partial charge on any atom is -0.310 e. The molecule has 2 saturated carbocycles. The summed E-state index contributed by atoms with van der Waals surface area (Å²) in [5.41, 5.74) is 0.430. The summed E-state index contributed by atoms with van der Waals surface area (Å²) in [5, 5.41) is 4.35. The third-order valence-corrected chi connectivity index (χ3v) is 4.52. The van der Waals surface area contributed by atoms with E-state index < -0.39 is 0 Å². The Morgan fingerprint density at radius 1 is 1.10 bits per heavy atom. The van der Waals surface area contributed by atoms with E-state index in [1.165, 1.54) is 25.6 Å². The van der Waals surface area contributed by atoms with Crippen molar-refractivity contribution in [3.63, 3.8) is 0 Å². The molecular weight excluding hydrogens is 266 g/mol. The molecule has 2 heterocycles. The molecular formula is C15H19N5O. The zero-order chi connectivity index (χ0) is 14.2. The molecule has 0 radical (unpaired) electrons. The first-order valence-corrected chi connectivity index (χ1v) is 7.82. The molecule has 0 atom stereocenters. The van der Waals surface area contributed by atoms with E-state index in [0.717, 1.165) is 31.5 Å². The normalized spacial score (nSPS) is 19.8. The molecule has 0 aromatic carbocycles. The second-order valence-corrected chi connectivity index (χ2v) is 6.11. The lowest BCUT2D eigenvalue weighted by molar-refractivity contribution is 0.331. The van der Waals surface area contributed by atoms with Crippen LogP contribution < -0.4 is 5.56 Å². The first kappa shape index (κ1) is 12.7. The summed E-state index contributed by atoms with van der Waals surface area (Å²) < 4.78 is 1.92. The summed E-state index contributed by atoms with van der Waals surface area (Å²) in [7, 11) is 0. The van der Waals surface area contributed by atoms with Crippen molar-refractivity contribution in [1.82, 2.24) is 24.7 Å². The monoisotopic (exact) mass is 285 g/mol. The second kappa shape index (κ2) is 5.09. The van der Waals surface area contributed by atoms with E-state index in [9.17, 15) is 4.79 Å². The minimum atomic E-state index is -0.100. The number of rotatable bonds is 3. The Bertz CT molecular complexity index is 694. The molecule has 0 unspecified atom stereocenters. The maximum Gasteiger partial charge on any atom is 0.261 e. The van der Waals surface area contributed by atoms with Crippen LogP contribution in [0.15, 0.2) is 17.3 Å². The van der Waals surface area contributed by atoms with Gasteiger partial charge in [-0.15, -0.1) is 0 Å². The Morgan fingerprint density at radius 2 is 1.90 bits per heavy atom. The van der Waals surface area contributed by atoms with Gasteiger partial charge in [-0.1, -0.05) is 19.3 Å². The average molecular weight is 285 g/mol. The fraction of sp³-hybridized carbons (Fsp3) is 0.600. The molecule has 2 aliphatic rings. The average Bonchev–Trinajstić information content (AvgIpc) is 3.26. The molecule has 0 saturated heterocycles. The molecule has 2 fully saturated rings. The van der Waals surface area contributed by atoms with Gasteiger partial charge in [0.2, 0.25) is 0 Å². The quantitative estimate of drug-likeness (QED) is 0.939. The third-order valence-electron chi connectivity index (χ3n) is 4.52. The van der Waals surface area contributed by atoms with Gasteiger partial charge in [-0.25, -0.2) is 14.6 Å². The summed E-state index contributed by atoms with van der Waals surface area (Å²) in [6, 6.07) is 0.360. The Labute approximate surface area is 122 Å². The van der Waals surface area contributed by atoms with E-state index in [2.05, 4.69) is 20.1 Å². The van der Waals surface area contributed by atoms with Crippen LogP contribution in [-0.2, 0) is 0 Å². The molecule has 110 valence electrons. The highest BCUT2D eigenvalue weighted by atomic mass is 16.1. The van der Waals surface area contributed by atoms with E-state index >= 15 is 0 Å². The predicted molar refractivity (Wildman–Crippen MR) is 78.0 cm³/mol. The van der Waals surface area contributed by atoms with Crippen LogP contribution in [0.3, 0.4) is 0 Å². The smallest absolute Gasteiger partial charge is 0.261 e. The molecule has 6 nitrogen and oxygen atoms in total. The fourth-order valence-electron chi connectivity index (χ4n) is 3.17. The number of aromatic amines is 1. The largest absolute Gasteiger partial charge is 0.310 e. The SMILES string of the molecule is O=c1[nH]c(C2CC2)ncc1-c1ncnn1C1CCCCC1. The molecule has 4 rings (SSSR count). The van der Waals surface area contributed by atoms with Crippen LogP contribution in [0.2, 0.25) is 0 Å². The van der Waals surface area contributed by atoms with Gasteiger partial charge in [-0.05, 0) is 25.7 Å². The minimum absolute atomic E-state index is 0.100. The van der Waals surface area contributed by atoms with Crippen molar-refractivity contribution in [1.29, 1.82) is 0 Å². The number of nitrogens with zero attached hydrogens (tertiary/aromatic N) is 4. The summed E-state index contributed by atoms with van der Waals surface area (Å²) in [6.45, 7) is 0. The molecule has 6 heteroatoms. The summed E-state index contributed by atoms with van der Waals surface area (Å²) in [4.78, 5) is 23.9. The van der Waals surface area contributed by atoms with Gasteiger partial charge in [0.15, 0.2) is 5.82 Å². The highest BCUT2D eigenvalue weighted by molar-refractivity contribution is 5.52. The van der Waals surface area contributed by atoms with E-state index in [-0.39, 0.29) is 5.56 Å². The highest BCUT2D eigenvalue weighted by Crippen LogP contribution is 2.37. The van der Waals surface area contributed by atoms with Crippen molar-refractivity contribution in [2.75, 3.05) is 0 Å². The van der Waals surface area contributed by atoms with Crippen LogP contribution in [-0.4, -0.2) is 24.7 Å². The standard InChI is InChI=1S/C15H19N5O/c21-15-12(8-16-13(19-15)10-6-7-10)14-17-9-18-20(14)11-4-2-1-3-5-11/h8-11H,1-7H2,(H,16,19,21). The predicted octanol–water partition coefficient (Wildman–Crippen LogP) is 2.41. The van der Waals surface area contributed by atoms with Crippen LogP contribution >= 0.6 is 0 Å². The topological polar surface area (TPSA) is 76.5 Å². The highest BCUT2D eigenvalue weighted by Gasteiger charge is 2.27. The number of nitrogens with one attached hydrogen (secondary N) is 1. The van der Waals surface area contributed by atoms with E-state index in [1.54, 1.807) is 6.20 Å². The molecule has 0 bridgehead atoms. The Kier molecular flexibility index (Phi) is 3.09. The number of hydrogen-bond acceptors (Lipinski definition) is 4. The van der Waals surface area contributed by atoms with Gasteiger partial charge in [0.25, 0.3) is 5.56 Å².